The van der Waals surface area contributed by atoms with E-state index in [1.807, 2.05) is 20.8 Å². The topological polar surface area (TPSA) is 167 Å². The largest absolute Gasteiger partial charge is 0.493 e. The third-order valence-corrected chi connectivity index (χ3v) is 8.01. The predicted octanol–water partition coefficient (Wildman–Crippen LogP) is 5.64. The Kier molecular flexibility index (Phi) is 9.90. The van der Waals surface area contributed by atoms with Gasteiger partial charge in [0.15, 0.2) is 23.1 Å². The maximum absolute atomic E-state index is 13.7. The van der Waals surface area contributed by atoms with E-state index in [4.69, 9.17) is 14.2 Å². The number of carbonyl (C=O) groups excluding carboxylic acids is 1. The summed E-state index contributed by atoms with van der Waals surface area (Å²) in [4.78, 5) is 34.0. The molecule has 0 saturated carbocycles. The van der Waals surface area contributed by atoms with Crippen molar-refractivity contribution in [3.63, 3.8) is 0 Å². The third-order valence-electron chi connectivity index (χ3n) is 6.66. The Hall–Kier alpha value is -5.63. The second kappa shape index (κ2) is 14.2. The minimum absolute atomic E-state index is 0.000550. The number of para-hydroxylation sites is 2. The summed E-state index contributed by atoms with van der Waals surface area (Å²) in [6.45, 7) is 5.96. The first kappa shape index (κ1) is 32.8. The third kappa shape index (κ3) is 8.35. The fourth-order valence-electron chi connectivity index (χ4n) is 4.24. The zero-order chi connectivity index (χ0) is 33.4. The summed E-state index contributed by atoms with van der Waals surface area (Å²) in [6.07, 6.45) is 6.02. The van der Waals surface area contributed by atoms with Crippen molar-refractivity contribution in [2.24, 2.45) is 0 Å². The molecule has 5 aromatic rings. The number of carbonyl (C=O) groups is 1. The van der Waals surface area contributed by atoms with Crippen LogP contribution in [0.1, 0.15) is 32.8 Å². The van der Waals surface area contributed by atoms with E-state index in [0.717, 1.165) is 5.56 Å². The van der Waals surface area contributed by atoms with Crippen molar-refractivity contribution in [2.45, 2.75) is 37.5 Å². The SMILES string of the molecule is COc1ccccc1Oc1c(NS(=O)(=O)c2ccc(C(C)(C)C)cc2)nc(-c2ncccn2)nc1OCCC(=O)Nc1cccnc1. The summed E-state index contributed by atoms with van der Waals surface area (Å²) < 4.78 is 47.7. The molecule has 0 aliphatic rings. The number of hydrogen-bond acceptors (Lipinski definition) is 11. The van der Waals surface area contributed by atoms with Crippen molar-refractivity contribution in [2.75, 3.05) is 23.8 Å². The van der Waals surface area contributed by atoms with Crippen LogP contribution in [0.2, 0.25) is 0 Å². The van der Waals surface area contributed by atoms with E-state index in [1.165, 1.54) is 37.8 Å². The molecule has 0 radical (unpaired) electrons. The van der Waals surface area contributed by atoms with E-state index in [1.54, 1.807) is 60.8 Å². The highest BCUT2D eigenvalue weighted by molar-refractivity contribution is 7.92. The number of methoxy groups -OCH3 is 1. The Morgan fingerprint density at radius 2 is 1.57 bits per heavy atom. The Morgan fingerprint density at radius 3 is 2.23 bits per heavy atom. The summed E-state index contributed by atoms with van der Waals surface area (Å²) in [5.74, 6) is -0.277. The lowest BCUT2D eigenvalue weighted by atomic mass is 9.87. The van der Waals surface area contributed by atoms with Crippen LogP contribution in [0, 0.1) is 0 Å². The molecule has 0 aliphatic carbocycles. The molecule has 0 aliphatic heterocycles. The Morgan fingerprint density at radius 1 is 0.851 bits per heavy atom. The quantitative estimate of drug-likeness (QED) is 0.171. The molecule has 0 spiro atoms. The van der Waals surface area contributed by atoms with Crippen molar-refractivity contribution in [1.29, 1.82) is 0 Å². The van der Waals surface area contributed by atoms with Gasteiger partial charge in [-0.05, 0) is 53.4 Å². The fourth-order valence-corrected chi connectivity index (χ4v) is 5.24. The Balaban J connectivity index is 1.55. The van der Waals surface area contributed by atoms with Gasteiger partial charge < -0.3 is 19.5 Å². The number of nitrogens with zero attached hydrogens (tertiary/aromatic N) is 5. The molecule has 2 N–H and O–H groups in total. The molecule has 13 nitrogen and oxygen atoms in total. The number of hydrogen-bond donors (Lipinski definition) is 2. The zero-order valence-electron chi connectivity index (χ0n) is 26.2. The Bertz CT molecular complexity index is 1940. The Labute approximate surface area is 272 Å². The van der Waals surface area contributed by atoms with Gasteiger partial charge in [0.05, 0.1) is 36.9 Å². The van der Waals surface area contributed by atoms with Crippen LogP contribution in [0.3, 0.4) is 0 Å². The van der Waals surface area contributed by atoms with Crippen molar-refractivity contribution < 1.29 is 27.4 Å². The van der Waals surface area contributed by atoms with Crippen molar-refractivity contribution >= 4 is 27.4 Å². The standard InChI is InChI=1S/C33H33N7O6S/c1-33(2,3)22-12-14-24(15-13-22)47(42,43)40-29-28(46-26-11-6-5-10-25(26)44-4)32(39-31(38-29)30-35-18-8-19-36-30)45-20-16-27(41)37-23-9-7-17-34-21-23/h5-15,17-19,21H,16,20H2,1-4H3,(H,37,41)(H,38,39,40). The van der Waals surface area contributed by atoms with E-state index in [-0.39, 0.29) is 64.1 Å². The van der Waals surface area contributed by atoms with Gasteiger partial charge in [-0.1, -0.05) is 45.0 Å². The maximum atomic E-state index is 13.7. The molecule has 3 aromatic heterocycles. The van der Waals surface area contributed by atoms with Gasteiger partial charge in [-0.3, -0.25) is 14.5 Å². The molecule has 0 unspecified atom stereocenters. The second-order valence-electron chi connectivity index (χ2n) is 11.1. The van der Waals surface area contributed by atoms with Gasteiger partial charge >= 0.3 is 0 Å². The lowest BCUT2D eigenvalue weighted by molar-refractivity contribution is -0.116. The predicted molar refractivity (Wildman–Crippen MR) is 175 cm³/mol. The smallest absolute Gasteiger partial charge is 0.263 e. The highest BCUT2D eigenvalue weighted by atomic mass is 32.2. The summed E-state index contributed by atoms with van der Waals surface area (Å²) in [7, 11) is -2.74. The molecule has 1 amide bonds. The molecule has 0 fully saturated rings. The molecular weight excluding hydrogens is 622 g/mol. The summed E-state index contributed by atoms with van der Waals surface area (Å²) in [5.41, 5.74) is 1.31. The van der Waals surface area contributed by atoms with Crippen molar-refractivity contribution in [3.05, 3.63) is 97.1 Å². The average Bonchev–Trinajstić information content (AvgIpc) is 3.06. The number of aromatic nitrogens is 5. The molecule has 47 heavy (non-hydrogen) atoms. The normalized spacial score (nSPS) is 11.4. The molecule has 2 aromatic carbocycles. The average molecular weight is 656 g/mol. The summed E-state index contributed by atoms with van der Waals surface area (Å²) >= 11 is 0. The van der Waals surface area contributed by atoms with Crippen LogP contribution >= 0.6 is 0 Å². The van der Waals surface area contributed by atoms with Crippen LogP contribution in [0.15, 0.2) is 96.4 Å². The van der Waals surface area contributed by atoms with E-state index in [2.05, 4.69) is 35.0 Å². The summed E-state index contributed by atoms with van der Waals surface area (Å²) in [6, 6.07) is 18.3. The van der Waals surface area contributed by atoms with Gasteiger partial charge in [0.25, 0.3) is 15.9 Å². The number of pyridine rings is 1. The van der Waals surface area contributed by atoms with Crippen LogP contribution in [0.4, 0.5) is 11.5 Å². The van der Waals surface area contributed by atoms with Gasteiger partial charge in [-0.25, -0.2) is 23.4 Å². The number of amides is 1. The minimum atomic E-state index is -4.21. The highest BCUT2D eigenvalue weighted by Gasteiger charge is 2.26. The molecule has 0 saturated heterocycles. The van der Waals surface area contributed by atoms with Crippen LogP contribution in [-0.2, 0) is 20.2 Å². The van der Waals surface area contributed by atoms with Crippen molar-refractivity contribution in [1.82, 2.24) is 24.9 Å². The van der Waals surface area contributed by atoms with E-state index >= 15 is 0 Å². The molecule has 3 heterocycles. The molecule has 0 atom stereocenters. The monoisotopic (exact) mass is 655 g/mol. The molecule has 14 heteroatoms. The molecular formula is C33H33N7O6S. The fraction of sp³-hybridized carbons (Fsp3) is 0.212. The lowest BCUT2D eigenvalue weighted by Gasteiger charge is -2.20. The first-order chi connectivity index (χ1) is 22.5. The van der Waals surface area contributed by atoms with Crippen LogP contribution in [0.25, 0.3) is 11.6 Å². The summed E-state index contributed by atoms with van der Waals surface area (Å²) in [5, 5.41) is 2.74. The first-order valence-electron chi connectivity index (χ1n) is 14.5. The van der Waals surface area contributed by atoms with E-state index in [0.29, 0.717) is 11.4 Å². The minimum Gasteiger partial charge on any atom is -0.493 e. The zero-order valence-corrected chi connectivity index (χ0v) is 27.0. The van der Waals surface area contributed by atoms with Gasteiger partial charge in [0, 0.05) is 18.6 Å². The van der Waals surface area contributed by atoms with E-state index < -0.39 is 10.0 Å². The van der Waals surface area contributed by atoms with Crippen molar-refractivity contribution in [3.8, 4) is 34.8 Å². The lowest BCUT2D eigenvalue weighted by Crippen LogP contribution is -2.18. The van der Waals surface area contributed by atoms with E-state index in [9.17, 15) is 13.2 Å². The second-order valence-corrected chi connectivity index (χ2v) is 12.8. The highest BCUT2D eigenvalue weighted by Crippen LogP contribution is 2.41. The van der Waals surface area contributed by atoms with Crippen LogP contribution in [0.5, 0.6) is 23.1 Å². The number of benzene rings is 2. The van der Waals surface area contributed by atoms with Gasteiger partial charge in [-0.2, -0.15) is 4.98 Å². The molecule has 0 bridgehead atoms. The first-order valence-corrected chi connectivity index (χ1v) is 16.0. The van der Waals surface area contributed by atoms with Gasteiger partial charge in [0.2, 0.25) is 17.5 Å². The van der Waals surface area contributed by atoms with Crippen LogP contribution < -0.4 is 24.2 Å². The molecule has 5 rings (SSSR count). The van der Waals surface area contributed by atoms with Crippen LogP contribution in [-0.4, -0.2) is 53.0 Å². The number of anilines is 2. The maximum Gasteiger partial charge on any atom is 0.263 e. The molecule has 242 valence electrons. The number of sulfonamides is 1. The number of nitrogens with one attached hydrogen (secondary N) is 2. The van der Waals surface area contributed by atoms with Gasteiger partial charge in [-0.15, -0.1) is 0 Å². The number of rotatable bonds is 12. The number of ether oxygens (including phenoxy) is 3. The van der Waals surface area contributed by atoms with Gasteiger partial charge in [0.1, 0.15) is 0 Å².